The van der Waals surface area contributed by atoms with Crippen LogP contribution in [0.5, 0.6) is 0 Å². The van der Waals surface area contributed by atoms with Gasteiger partial charge in [-0.05, 0) is 49.9 Å². The Hall–Kier alpha value is -2.51. The molecule has 1 saturated heterocycles. The third-order valence-electron chi connectivity index (χ3n) is 5.40. The highest BCUT2D eigenvalue weighted by atomic mass is 32.2. The van der Waals surface area contributed by atoms with Crippen LogP contribution in [0.2, 0.25) is 0 Å². The number of hydrogen-bond donors (Lipinski definition) is 2. The van der Waals surface area contributed by atoms with Crippen LogP contribution in [0.1, 0.15) is 12.0 Å². The molecule has 0 spiro atoms. The molecule has 0 aliphatic carbocycles. The number of thioether (sulfide) groups is 1. The molecule has 2 aliphatic rings. The lowest BCUT2D eigenvalue weighted by atomic mass is 10.1. The van der Waals surface area contributed by atoms with Gasteiger partial charge < -0.3 is 20.4 Å². The van der Waals surface area contributed by atoms with Gasteiger partial charge in [-0.15, -0.1) is 11.8 Å². The lowest BCUT2D eigenvalue weighted by Gasteiger charge is -2.35. The number of carbonyl (C=O) groups is 2. The van der Waals surface area contributed by atoms with Gasteiger partial charge in [-0.25, -0.2) is 0 Å². The summed E-state index contributed by atoms with van der Waals surface area (Å²) in [5.74, 6) is -0.269. The van der Waals surface area contributed by atoms with Gasteiger partial charge in [0.1, 0.15) is 0 Å². The predicted molar refractivity (Wildman–Crippen MR) is 119 cm³/mol. The minimum absolute atomic E-state index is 0.120. The first-order valence-electron chi connectivity index (χ1n) is 9.90. The SMILES string of the molecule is Cc1cc(NC(=O)CC2Sc3ccccc3NC2=O)ccc1N1CCN(C)CC1. The molecule has 0 aromatic heterocycles. The molecule has 0 bridgehead atoms. The number of para-hydroxylation sites is 1. The molecule has 1 fully saturated rings. The molecule has 0 saturated carbocycles. The second-order valence-electron chi connectivity index (χ2n) is 7.64. The van der Waals surface area contributed by atoms with Crippen LogP contribution in [0.15, 0.2) is 47.4 Å². The Bertz CT molecular complexity index is 925. The second-order valence-corrected chi connectivity index (χ2v) is 8.88. The number of rotatable bonds is 4. The summed E-state index contributed by atoms with van der Waals surface area (Å²) in [6, 6.07) is 13.7. The summed E-state index contributed by atoms with van der Waals surface area (Å²) >= 11 is 1.45. The van der Waals surface area contributed by atoms with E-state index in [1.807, 2.05) is 36.4 Å². The van der Waals surface area contributed by atoms with Crippen molar-refractivity contribution in [3.05, 3.63) is 48.0 Å². The fraction of sp³-hybridized carbons (Fsp3) is 0.364. The maximum Gasteiger partial charge on any atom is 0.238 e. The standard InChI is InChI=1S/C22H26N4O2S/c1-15-13-16(7-8-18(15)26-11-9-25(2)10-12-26)23-21(27)14-20-22(28)24-17-5-3-4-6-19(17)29-20/h3-8,13,20H,9-12,14H2,1-2H3,(H,23,27)(H,24,28). The van der Waals surface area contributed by atoms with Crippen LogP contribution in [-0.4, -0.2) is 55.2 Å². The zero-order valence-electron chi connectivity index (χ0n) is 16.8. The highest BCUT2D eigenvalue weighted by Gasteiger charge is 2.28. The van der Waals surface area contributed by atoms with Crippen molar-refractivity contribution in [3.8, 4) is 0 Å². The summed E-state index contributed by atoms with van der Waals surface area (Å²) in [6.45, 7) is 6.21. The predicted octanol–water partition coefficient (Wildman–Crippen LogP) is 3.19. The van der Waals surface area contributed by atoms with E-state index in [0.29, 0.717) is 0 Å². The van der Waals surface area contributed by atoms with Crippen molar-refractivity contribution < 1.29 is 9.59 Å². The molecule has 6 nitrogen and oxygen atoms in total. The molecule has 2 aromatic carbocycles. The molecule has 2 aliphatic heterocycles. The third kappa shape index (κ3) is 4.57. The van der Waals surface area contributed by atoms with Gasteiger partial charge in [-0.3, -0.25) is 9.59 Å². The molecule has 7 heteroatoms. The number of carbonyl (C=O) groups excluding carboxylic acids is 2. The lowest BCUT2D eigenvalue weighted by Crippen LogP contribution is -2.44. The quantitative estimate of drug-likeness (QED) is 0.811. The number of benzene rings is 2. The average molecular weight is 411 g/mol. The van der Waals surface area contributed by atoms with E-state index >= 15 is 0 Å². The number of nitrogens with one attached hydrogen (secondary N) is 2. The van der Waals surface area contributed by atoms with Gasteiger partial charge in [0, 0.05) is 48.9 Å². The number of likely N-dealkylation sites (N-methyl/N-ethyl adjacent to an activating group) is 1. The van der Waals surface area contributed by atoms with Crippen molar-refractivity contribution in [1.29, 1.82) is 0 Å². The monoisotopic (exact) mass is 410 g/mol. The molecule has 2 N–H and O–H groups in total. The van der Waals surface area contributed by atoms with Crippen LogP contribution in [0.4, 0.5) is 17.1 Å². The summed E-state index contributed by atoms with van der Waals surface area (Å²) in [5, 5.41) is 5.42. The molecular formula is C22H26N4O2S. The number of nitrogens with zero attached hydrogens (tertiary/aromatic N) is 2. The maximum atomic E-state index is 12.6. The fourth-order valence-electron chi connectivity index (χ4n) is 3.74. The van der Waals surface area contributed by atoms with Crippen molar-refractivity contribution in [2.24, 2.45) is 0 Å². The van der Waals surface area contributed by atoms with Gasteiger partial charge in [0.05, 0.1) is 10.9 Å². The largest absolute Gasteiger partial charge is 0.369 e. The fourth-order valence-corrected chi connectivity index (χ4v) is 4.85. The molecular weight excluding hydrogens is 384 g/mol. The van der Waals surface area contributed by atoms with E-state index in [1.54, 1.807) is 0 Å². The molecule has 2 heterocycles. The van der Waals surface area contributed by atoms with E-state index in [4.69, 9.17) is 0 Å². The number of aryl methyl sites for hydroxylation is 1. The average Bonchev–Trinajstić information content (AvgIpc) is 2.69. The summed E-state index contributed by atoms with van der Waals surface area (Å²) in [6.07, 6.45) is 0.143. The Morgan fingerprint density at radius 3 is 2.69 bits per heavy atom. The smallest absolute Gasteiger partial charge is 0.238 e. The molecule has 29 heavy (non-hydrogen) atoms. The minimum atomic E-state index is -0.421. The first-order chi connectivity index (χ1) is 14.0. The van der Waals surface area contributed by atoms with Crippen LogP contribution in [0, 0.1) is 6.92 Å². The number of fused-ring (bicyclic) bond motifs is 1. The second kappa shape index (κ2) is 8.47. The summed E-state index contributed by atoms with van der Waals surface area (Å²) in [5.41, 5.74) is 3.95. The molecule has 1 atom stereocenters. The summed E-state index contributed by atoms with van der Waals surface area (Å²) in [7, 11) is 2.15. The highest BCUT2D eigenvalue weighted by Crippen LogP contribution is 2.36. The van der Waals surface area contributed by atoms with Crippen LogP contribution < -0.4 is 15.5 Å². The van der Waals surface area contributed by atoms with E-state index in [9.17, 15) is 9.59 Å². The van der Waals surface area contributed by atoms with Crippen molar-refractivity contribution in [2.45, 2.75) is 23.5 Å². The maximum absolute atomic E-state index is 12.6. The Labute approximate surface area is 175 Å². The Morgan fingerprint density at radius 1 is 1.17 bits per heavy atom. The van der Waals surface area contributed by atoms with Gasteiger partial charge in [0.25, 0.3) is 0 Å². The van der Waals surface area contributed by atoms with Crippen LogP contribution in [0.3, 0.4) is 0 Å². The topological polar surface area (TPSA) is 64.7 Å². The van der Waals surface area contributed by atoms with Crippen LogP contribution in [-0.2, 0) is 9.59 Å². The number of amides is 2. The van der Waals surface area contributed by atoms with Crippen LogP contribution >= 0.6 is 11.8 Å². The lowest BCUT2D eigenvalue weighted by molar-refractivity contribution is -0.120. The molecule has 152 valence electrons. The van der Waals surface area contributed by atoms with Gasteiger partial charge in [0.15, 0.2) is 0 Å². The third-order valence-corrected chi connectivity index (χ3v) is 6.68. The van der Waals surface area contributed by atoms with E-state index in [2.05, 4.69) is 40.5 Å². The highest BCUT2D eigenvalue weighted by molar-refractivity contribution is 8.01. The van der Waals surface area contributed by atoms with Crippen molar-refractivity contribution in [1.82, 2.24) is 4.90 Å². The zero-order valence-corrected chi connectivity index (χ0v) is 17.6. The van der Waals surface area contributed by atoms with Gasteiger partial charge >= 0.3 is 0 Å². The summed E-state index contributed by atoms with van der Waals surface area (Å²) < 4.78 is 0. The number of piperazine rings is 1. The van der Waals surface area contributed by atoms with Gasteiger partial charge in [-0.2, -0.15) is 0 Å². The molecule has 2 aromatic rings. The van der Waals surface area contributed by atoms with E-state index in [1.165, 1.54) is 17.4 Å². The summed E-state index contributed by atoms with van der Waals surface area (Å²) in [4.78, 5) is 30.6. The van der Waals surface area contributed by atoms with Crippen molar-refractivity contribution >= 4 is 40.6 Å². The van der Waals surface area contributed by atoms with Gasteiger partial charge in [0.2, 0.25) is 11.8 Å². The molecule has 4 rings (SSSR count). The first-order valence-corrected chi connectivity index (χ1v) is 10.8. The molecule has 0 radical (unpaired) electrons. The Balaban J connectivity index is 1.37. The van der Waals surface area contributed by atoms with Crippen LogP contribution in [0.25, 0.3) is 0 Å². The zero-order chi connectivity index (χ0) is 20.4. The minimum Gasteiger partial charge on any atom is -0.369 e. The van der Waals surface area contributed by atoms with Gasteiger partial charge in [-0.1, -0.05) is 12.1 Å². The normalized spacial score (nSPS) is 19.4. The van der Waals surface area contributed by atoms with Crippen molar-refractivity contribution in [3.63, 3.8) is 0 Å². The molecule has 2 amide bonds. The Kier molecular flexibility index (Phi) is 5.78. The Morgan fingerprint density at radius 2 is 1.93 bits per heavy atom. The van der Waals surface area contributed by atoms with E-state index < -0.39 is 5.25 Å². The first kappa shape index (κ1) is 19.8. The molecule has 1 unspecified atom stereocenters. The van der Waals surface area contributed by atoms with E-state index in [0.717, 1.165) is 48.0 Å². The number of hydrogen-bond acceptors (Lipinski definition) is 5. The van der Waals surface area contributed by atoms with Crippen molar-refractivity contribution in [2.75, 3.05) is 48.8 Å². The van der Waals surface area contributed by atoms with E-state index in [-0.39, 0.29) is 18.2 Å². The number of anilines is 3.